The van der Waals surface area contributed by atoms with Gasteiger partial charge < -0.3 is 10.6 Å². The Morgan fingerprint density at radius 1 is 1.33 bits per heavy atom. The lowest BCUT2D eigenvalue weighted by Gasteiger charge is -2.35. The number of nitrogens with zero attached hydrogens (tertiary/aromatic N) is 1. The van der Waals surface area contributed by atoms with E-state index in [2.05, 4.69) is 27.7 Å². The van der Waals surface area contributed by atoms with E-state index in [1.807, 2.05) is 18.9 Å². The molecule has 0 heterocycles. The van der Waals surface area contributed by atoms with Crippen molar-refractivity contribution < 1.29 is 4.79 Å². The SMILES string of the molecule is CC(CN)CC(=O)N(C)C(C)C(C)(C)C. The summed E-state index contributed by atoms with van der Waals surface area (Å²) < 4.78 is 0. The predicted octanol–water partition coefficient (Wildman–Crippen LogP) is 1.86. The minimum atomic E-state index is 0.121. The molecule has 0 bridgehead atoms. The highest BCUT2D eigenvalue weighted by atomic mass is 16.2. The van der Waals surface area contributed by atoms with E-state index in [0.29, 0.717) is 13.0 Å². The van der Waals surface area contributed by atoms with Gasteiger partial charge >= 0.3 is 0 Å². The third-order valence-corrected chi connectivity index (χ3v) is 3.15. The van der Waals surface area contributed by atoms with Gasteiger partial charge in [0.15, 0.2) is 0 Å². The lowest BCUT2D eigenvalue weighted by molar-refractivity contribution is -0.134. The molecule has 90 valence electrons. The first-order chi connectivity index (χ1) is 6.70. The summed E-state index contributed by atoms with van der Waals surface area (Å²) in [6.45, 7) is 11.1. The van der Waals surface area contributed by atoms with Gasteiger partial charge in [0.25, 0.3) is 0 Å². The van der Waals surface area contributed by atoms with Gasteiger partial charge in [-0.3, -0.25) is 4.79 Å². The van der Waals surface area contributed by atoms with Crippen molar-refractivity contribution >= 4 is 5.91 Å². The molecular formula is C12H26N2O. The quantitative estimate of drug-likeness (QED) is 0.776. The number of hydrogen-bond donors (Lipinski definition) is 1. The zero-order valence-electron chi connectivity index (χ0n) is 11.0. The topological polar surface area (TPSA) is 46.3 Å². The zero-order chi connectivity index (χ0) is 12.2. The van der Waals surface area contributed by atoms with Crippen LogP contribution in [-0.4, -0.2) is 30.4 Å². The van der Waals surface area contributed by atoms with E-state index in [1.54, 1.807) is 0 Å². The molecule has 0 aliphatic carbocycles. The van der Waals surface area contributed by atoms with Crippen LogP contribution < -0.4 is 5.73 Å². The third-order valence-electron chi connectivity index (χ3n) is 3.15. The largest absolute Gasteiger partial charge is 0.343 e. The van der Waals surface area contributed by atoms with Crippen molar-refractivity contribution in [3.8, 4) is 0 Å². The van der Waals surface area contributed by atoms with Crippen LogP contribution in [0.1, 0.15) is 41.0 Å². The molecule has 0 saturated carbocycles. The summed E-state index contributed by atoms with van der Waals surface area (Å²) in [5.74, 6) is 0.461. The summed E-state index contributed by atoms with van der Waals surface area (Å²) in [6, 6.07) is 0.245. The fourth-order valence-electron chi connectivity index (χ4n) is 1.32. The minimum Gasteiger partial charge on any atom is -0.343 e. The predicted molar refractivity (Wildman–Crippen MR) is 64.5 cm³/mol. The second kappa shape index (κ2) is 5.50. The van der Waals surface area contributed by atoms with Gasteiger partial charge in [-0.15, -0.1) is 0 Å². The zero-order valence-corrected chi connectivity index (χ0v) is 11.0. The number of carbonyl (C=O) groups is 1. The highest BCUT2D eigenvalue weighted by Gasteiger charge is 2.27. The first-order valence-corrected chi connectivity index (χ1v) is 5.65. The standard InChI is InChI=1S/C12H26N2O/c1-9(8-13)7-11(15)14(6)10(2)12(3,4)5/h9-10H,7-8,13H2,1-6H3. The first-order valence-electron chi connectivity index (χ1n) is 5.65. The molecule has 0 aliphatic rings. The van der Waals surface area contributed by atoms with E-state index in [1.165, 1.54) is 0 Å². The molecule has 2 N–H and O–H groups in total. The summed E-state index contributed by atoms with van der Waals surface area (Å²) in [4.78, 5) is 13.7. The summed E-state index contributed by atoms with van der Waals surface area (Å²) in [5, 5.41) is 0. The van der Waals surface area contributed by atoms with Crippen molar-refractivity contribution in [3.63, 3.8) is 0 Å². The molecule has 0 aromatic heterocycles. The van der Waals surface area contributed by atoms with Crippen LogP contribution in [0.2, 0.25) is 0 Å². The molecule has 0 saturated heterocycles. The van der Waals surface area contributed by atoms with E-state index in [0.717, 1.165) is 0 Å². The van der Waals surface area contributed by atoms with Crippen molar-refractivity contribution in [2.45, 2.75) is 47.1 Å². The van der Waals surface area contributed by atoms with Crippen molar-refractivity contribution in [2.24, 2.45) is 17.1 Å². The van der Waals surface area contributed by atoms with Gasteiger partial charge in [0.05, 0.1) is 0 Å². The van der Waals surface area contributed by atoms with E-state index in [9.17, 15) is 4.79 Å². The Balaban J connectivity index is 4.32. The fourth-order valence-corrected chi connectivity index (χ4v) is 1.32. The van der Waals surface area contributed by atoms with Crippen LogP contribution in [0, 0.1) is 11.3 Å². The maximum atomic E-state index is 11.9. The van der Waals surface area contributed by atoms with Crippen LogP contribution in [0.4, 0.5) is 0 Å². The van der Waals surface area contributed by atoms with Gasteiger partial charge in [-0.25, -0.2) is 0 Å². The van der Waals surface area contributed by atoms with Crippen LogP contribution in [0.3, 0.4) is 0 Å². The molecule has 0 aromatic rings. The first kappa shape index (κ1) is 14.4. The van der Waals surface area contributed by atoms with E-state index in [-0.39, 0.29) is 23.3 Å². The molecule has 0 aliphatic heterocycles. The molecule has 2 unspecified atom stereocenters. The number of rotatable bonds is 4. The summed E-state index contributed by atoms with van der Waals surface area (Å²) >= 11 is 0. The van der Waals surface area contributed by atoms with Crippen molar-refractivity contribution in [2.75, 3.05) is 13.6 Å². The molecule has 0 aromatic carbocycles. The highest BCUT2D eigenvalue weighted by molar-refractivity contribution is 5.76. The Morgan fingerprint density at radius 3 is 2.13 bits per heavy atom. The Morgan fingerprint density at radius 2 is 1.80 bits per heavy atom. The van der Waals surface area contributed by atoms with E-state index >= 15 is 0 Å². The van der Waals surface area contributed by atoms with Gasteiger partial charge in [-0.05, 0) is 24.8 Å². The van der Waals surface area contributed by atoms with Crippen LogP contribution >= 0.6 is 0 Å². The summed E-state index contributed by atoms with van der Waals surface area (Å²) in [5.41, 5.74) is 5.63. The minimum absolute atomic E-state index is 0.121. The monoisotopic (exact) mass is 214 g/mol. The number of amides is 1. The molecule has 3 heteroatoms. The molecule has 0 rings (SSSR count). The molecule has 0 radical (unpaired) electrons. The van der Waals surface area contributed by atoms with Gasteiger partial charge in [0, 0.05) is 19.5 Å². The average molecular weight is 214 g/mol. The number of hydrogen-bond acceptors (Lipinski definition) is 2. The number of carbonyl (C=O) groups excluding carboxylic acids is 1. The fraction of sp³-hybridized carbons (Fsp3) is 0.917. The van der Waals surface area contributed by atoms with Gasteiger partial charge in [-0.2, -0.15) is 0 Å². The van der Waals surface area contributed by atoms with Crippen LogP contribution in [-0.2, 0) is 4.79 Å². The summed E-state index contributed by atoms with van der Waals surface area (Å²) in [6.07, 6.45) is 0.549. The molecule has 1 amide bonds. The Bertz CT molecular complexity index is 208. The van der Waals surface area contributed by atoms with E-state index in [4.69, 9.17) is 5.73 Å². The number of nitrogens with two attached hydrogens (primary N) is 1. The molecular weight excluding hydrogens is 188 g/mol. The molecule has 3 nitrogen and oxygen atoms in total. The second-order valence-electron chi connectivity index (χ2n) is 5.59. The van der Waals surface area contributed by atoms with E-state index < -0.39 is 0 Å². The van der Waals surface area contributed by atoms with Gasteiger partial charge in [0.1, 0.15) is 0 Å². The van der Waals surface area contributed by atoms with Crippen molar-refractivity contribution in [3.05, 3.63) is 0 Å². The maximum absolute atomic E-state index is 11.9. The normalized spacial score (nSPS) is 15.9. The molecule has 0 fully saturated rings. The van der Waals surface area contributed by atoms with Crippen molar-refractivity contribution in [1.29, 1.82) is 0 Å². The average Bonchev–Trinajstić information content (AvgIpc) is 2.13. The molecule has 15 heavy (non-hydrogen) atoms. The molecule has 2 atom stereocenters. The van der Waals surface area contributed by atoms with Gasteiger partial charge in [0.2, 0.25) is 5.91 Å². The smallest absolute Gasteiger partial charge is 0.222 e. The van der Waals surface area contributed by atoms with Crippen LogP contribution in [0.15, 0.2) is 0 Å². The maximum Gasteiger partial charge on any atom is 0.222 e. The van der Waals surface area contributed by atoms with Crippen LogP contribution in [0.25, 0.3) is 0 Å². The lowest BCUT2D eigenvalue weighted by Crippen LogP contribution is -2.43. The Kier molecular flexibility index (Phi) is 5.29. The highest BCUT2D eigenvalue weighted by Crippen LogP contribution is 2.23. The summed E-state index contributed by atoms with van der Waals surface area (Å²) in [7, 11) is 1.88. The second-order valence-corrected chi connectivity index (χ2v) is 5.59. The molecule has 0 spiro atoms. The van der Waals surface area contributed by atoms with Crippen LogP contribution in [0.5, 0.6) is 0 Å². The Hall–Kier alpha value is -0.570. The van der Waals surface area contributed by atoms with Crippen molar-refractivity contribution in [1.82, 2.24) is 4.90 Å². The lowest BCUT2D eigenvalue weighted by atomic mass is 9.87. The Labute approximate surface area is 94.0 Å². The third kappa shape index (κ3) is 4.65. The van der Waals surface area contributed by atoms with Gasteiger partial charge in [-0.1, -0.05) is 27.7 Å².